The highest BCUT2D eigenvalue weighted by Crippen LogP contribution is 2.25. The summed E-state index contributed by atoms with van der Waals surface area (Å²) in [5, 5.41) is 3.38. The topological polar surface area (TPSA) is 21.3 Å². The number of ether oxygens (including phenoxy) is 1. The number of benzene rings is 1. The van der Waals surface area contributed by atoms with Gasteiger partial charge in [-0.25, -0.2) is 0 Å². The lowest BCUT2D eigenvalue weighted by Crippen LogP contribution is -2.20. The maximum Gasteiger partial charge on any atom is 0.124 e. The van der Waals surface area contributed by atoms with E-state index < -0.39 is 0 Å². The van der Waals surface area contributed by atoms with Crippen LogP contribution >= 0.6 is 0 Å². The first-order valence-electron chi connectivity index (χ1n) is 4.33. The van der Waals surface area contributed by atoms with Crippen molar-refractivity contribution in [2.45, 2.75) is 13.0 Å². The van der Waals surface area contributed by atoms with Crippen LogP contribution in [0.15, 0.2) is 24.3 Å². The minimum absolute atomic E-state index is 0.406. The van der Waals surface area contributed by atoms with E-state index in [9.17, 15) is 0 Å². The van der Waals surface area contributed by atoms with Gasteiger partial charge in [0.2, 0.25) is 0 Å². The van der Waals surface area contributed by atoms with Gasteiger partial charge >= 0.3 is 0 Å². The molecule has 0 unspecified atom stereocenters. The summed E-state index contributed by atoms with van der Waals surface area (Å²) in [4.78, 5) is 0. The fourth-order valence-electron chi connectivity index (χ4n) is 1.52. The third kappa shape index (κ3) is 1.30. The highest BCUT2D eigenvalue weighted by Gasteiger charge is 2.13. The standard InChI is InChI=1S/C10H13NO/c1-8-9-4-2-3-5-10(9)12-7-6-11-8/h2-5,8,11H,6-7H2,1H3/t8-/m0/s1. The van der Waals surface area contributed by atoms with E-state index in [1.165, 1.54) is 5.56 Å². The molecule has 0 spiro atoms. The summed E-state index contributed by atoms with van der Waals surface area (Å²) in [6.45, 7) is 3.85. The summed E-state index contributed by atoms with van der Waals surface area (Å²) in [7, 11) is 0. The predicted octanol–water partition coefficient (Wildman–Crippen LogP) is 1.73. The smallest absolute Gasteiger partial charge is 0.124 e. The molecule has 2 rings (SSSR count). The molecule has 1 aliphatic rings. The molecule has 0 saturated heterocycles. The Bertz CT molecular complexity index is 272. The van der Waals surface area contributed by atoms with Crippen molar-refractivity contribution >= 4 is 0 Å². The van der Waals surface area contributed by atoms with Crippen molar-refractivity contribution in [3.05, 3.63) is 29.8 Å². The monoisotopic (exact) mass is 163 g/mol. The van der Waals surface area contributed by atoms with Crippen molar-refractivity contribution in [1.29, 1.82) is 0 Å². The van der Waals surface area contributed by atoms with Gasteiger partial charge in [-0.05, 0) is 13.0 Å². The van der Waals surface area contributed by atoms with Crippen LogP contribution in [0.5, 0.6) is 5.75 Å². The summed E-state index contributed by atoms with van der Waals surface area (Å²) in [5.41, 5.74) is 1.26. The summed E-state index contributed by atoms with van der Waals surface area (Å²) in [6, 6.07) is 8.60. The Labute approximate surface area is 72.5 Å². The molecule has 1 heterocycles. The van der Waals surface area contributed by atoms with Gasteiger partial charge in [0.25, 0.3) is 0 Å². The van der Waals surface area contributed by atoms with Crippen molar-refractivity contribution in [2.24, 2.45) is 0 Å². The average Bonchev–Trinajstić information content (AvgIpc) is 2.29. The van der Waals surface area contributed by atoms with Crippen molar-refractivity contribution in [3.63, 3.8) is 0 Å². The first-order chi connectivity index (χ1) is 5.88. The quantitative estimate of drug-likeness (QED) is 0.629. The molecule has 0 amide bonds. The molecule has 1 aromatic carbocycles. The van der Waals surface area contributed by atoms with E-state index in [1.807, 2.05) is 18.2 Å². The first kappa shape index (κ1) is 7.62. The van der Waals surface area contributed by atoms with Crippen LogP contribution in [0.4, 0.5) is 0 Å². The lowest BCUT2D eigenvalue weighted by Gasteiger charge is -2.10. The molecule has 0 radical (unpaired) electrons. The zero-order chi connectivity index (χ0) is 8.39. The molecule has 0 bridgehead atoms. The second-order valence-corrected chi connectivity index (χ2v) is 3.06. The third-order valence-electron chi connectivity index (χ3n) is 2.20. The number of rotatable bonds is 0. The third-order valence-corrected chi connectivity index (χ3v) is 2.20. The van der Waals surface area contributed by atoms with Crippen molar-refractivity contribution < 1.29 is 4.74 Å². The largest absolute Gasteiger partial charge is 0.492 e. The zero-order valence-corrected chi connectivity index (χ0v) is 7.21. The lowest BCUT2D eigenvalue weighted by atomic mass is 10.1. The van der Waals surface area contributed by atoms with E-state index in [-0.39, 0.29) is 0 Å². The van der Waals surface area contributed by atoms with Crippen LogP contribution in [0.2, 0.25) is 0 Å². The molecule has 1 aliphatic heterocycles. The van der Waals surface area contributed by atoms with Gasteiger partial charge < -0.3 is 10.1 Å². The summed E-state index contributed by atoms with van der Waals surface area (Å²) >= 11 is 0. The zero-order valence-electron chi connectivity index (χ0n) is 7.21. The minimum Gasteiger partial charge on any atom is -0.492 e. The average molecular weight is 163 g/mol. The van der Waals surface area contributed by atoms with Crippen molar-refractivity contribution in [1.82, 2.24) is 5.32 Å². The Morgan fingerprint density at radius 2 is 2.25 bits per heavy atom. The number of hydrogen-bond donors (Lipinski definition) is 1. The maximum atomic E-state index is 5.56. The highest BCUT2D eigenvalue weighted by molar-refractivity contribution is 5.36. The molecule has 2 nitrogen and oxygen atoms in total. The molecule has 1 atom stereocenters. The van der Waals surface area contributed by atoms with E-state index in [0.29, 0.717) is 6.04 Å². The van der Waals surface area contributed by atoms with Gasteiger partial charge in [0, 0.05) is 18.2 Å². The Hall–Kier alpha value is -1.02. The van der Waals surface area contributed by atoms with Crippen LogP contribution in [0.25, 0.3) is 0 Å². The maximum absolute atomic E-state index is 5.56. The van der Waals surface area contributed by atoms with Gasteiger partial charge in [0.1, 0.15) is 12.4 Å². The Balaban J connectivity index is 2.39. The van der Waals surface area contributed by atoms with E-state index in [4.69, 9.17) is 4.74 Å². The molecule has 64 valence electrons. The van der Waals surface area contributed by atoms with Gasteiger partial charge in [-0.2, -0.15) is 0 Å². The molecule has 0 saturated carbocycles. The van der Waals surface area contributed by atoms with Crippen LogP contribution in [0.3, 0.4) is 0 Å². The number of hydrogen-bond acceptors (Lipinski definition) is 2. The van der Waals surface area contributed by atoms with Crippen molar-refractivity contribution in [3.8, 4) is 5.75 Å². The molecule has 2 heteroatoms. The SMILES string of the molecule is C[C@@H]1NCCOc2ccccc21. The molecule has 1 N–H and O–H groups in total. The number of nitrogens with one attached hydrogen (secondary N) is 1. The summed E-state index contributed by atoms with van der Waals surface area (Å²) in [6.07, 6.45) is 0. The van der Waals surface area contributed by atoms with Crippen LogP contribution in [0.1, 0.15) is 18.5 Å². The molecule has 0 aliphatic carbocycles. The van der Waals surface area contributed by atoms with Gasteiger partial charge in [-0.1, -0.05) is 18.2 Å². The van der Waals surface area contributed by atoms with E-state index >= 15 is 0 Å². The van der Waals surface area contributed by atoms with Gasteiger partial charge in [0.15, 0.2) is 0 Å². The fraction of sp³-hybridized carbons (Fsp3) is 0.400. The van der Waals surface area contributed by atoms with E-state index in [2.05, 4.69) is 18.3 Å². The Morgan fingerprint density at radius 3 is 3.17 bits per heavy atom. The van der Waals surface area contributed by atoms with Gasteiger partial charge in [-0.15, -0.1) is 0 Å². The first-order valence-corrected chi connectivity index (χ1v) is 4.33. The lowest BCUT2D eigenvalue weighted by molar-refractivity contribution is 0.324. The van der Waals surface area contributed by atoms with Crippen molar-refractivity contribution in [2.75, 3.05) is 13.2 Å². The minimum atomic E-state index is 0.406. The van der Waals surface area contributed by atoms with Crippen LogP contribution in [-0.4, -0.2) is 13.2 Å². The molecular formula is C10H13NO. The molecule has 12 heavy (non-hydrogen) atoms. The molecular weight excluding hydrogens is 150 g/mol. The summed E-state index contributed by atoms with van der Waals surface area (Å²) < 4.78 is 5.56. The Morgan fingerprint density at radius 1 is 1.42 bits per heavy atom. The summed E-state index contributed by atoms with van der Waals surface area (Å²) in [5.74, 6) is 1.02. The van der Waals surface area contributed by atoms with Crippen LogP contribution in [-0.2, 0) is 0 Å². The second kappa shape index (κ2) is 3.15. The van der Waals surface area contributed by atoms with Crippen LogP contribution in [0, 0.1) is 0 Å². The van der Waals surface area contributed by atoms with Gasteiger partial charge in [-0.3, -0.25) is 0 Å². The Kier molecular flexibility index (Phi) is 2.00. The molecule has 0 fully saturated rings. The number of fused-ring (bicyclic) bond motifs is 1. The van der Waals surface area contributed by atoms with Crippen LogP contribution < -0.4 is 10.1 Å². The fourth-order valence-corrected chi connectivity index (χ4v) is 1.52. The molecule has 1 aromatic rings. The second-order valence-electron chi connectivity index (χ2n) is 3.06. The highest BCUT2D eigenvalue weighted by atomic mass is 16.5. The normalized spacial score (nSPS) is 22.2. The predicted molar refractivity (Wildman–Crippen MR) is 48.4 cm³/mol. The van der Waals surface area contributed by atoms with Gasteiger partial charge in [0.05, 0.1) is 0 Å². The number of para-hydroxylation sites is 1. The van der Waals surface area contributed by atoms with E-state index in [1.54, 1.807) is 0 Å². The van der Waals surface area contributed by atoms with E-state index in [0.717, 1.165) is 18.9 Å². The molecule has 0 aromatic heterocycles.